The maximum absolute atomic E-state index is 11.7. The molecule has 0 radical (unpaired) electrons. The van der Waals surface area contributed by atoms with Crippen molar-refractivity contribution in [2.24, 2.45) is 0 Å². The maximum atomic E-state index is 11.7. The van der Waals surface area contributed by atoms with E-state index in [-0.39, 0.29) is 24.9 Å². The van der Waals surface area contributed by atoms with Crippen molar-refractivity contribution in [1.82, 2.24) is 0 Å². The summed E-state index contributed by atoms with van der Waals surface area (Å²) in [4.78, 5) is 11.7. The molecule has 0 atom stereocenters. The summed E-state index contributed by atoms with van der Waals surface area (Å²) < 4.78 is 1.81. The number of halogens is 1. The third-order valence-electron chi connectivity index (χ3n) is 2.27. The van der Waals surface area contributed by atoms with Gasteiger partial charge in [0.05, 0.1) is 0 Å². The molecule has 1 heterocycles. The molecule has 0 saturated heterocycles. The number of nitrogens with two attached hydrogens (primary N) is 1. The van der Waals surface area contributed by atoms with Gasteiger partial charge < -0.3 is 23.5 Å². The third-order valence-corrected chi connectivity index (χ3v) is 2.27. The largest absolute Gasteiger partial charge is 1.00 e. The van der Waals surface area contributed by atoms with E-state index < -0.39 is 0 Å². The lowest BCUT2D eigenvalue weighted by Crippen LogP contribution is -3.00. The second-order valence-corrected chi connectivity index (χ2v) is 3.72. The number of nitrogen functional groups attached to an aromatic ring is 1. The molecule has 5 heteroatoms. The monoisotopic (exact) mass is 263 g/mol. The molecule has 0 spiro atoms. The van der Waals surface area contributed by atoms with Crippen LogP contribution in [0.5, 0.6) is 0 Å². The molecule has 0 aliphatic rings. The minimum atomic E-state index is -0.0770. The second kappa shape index (κ2) is 6.61. The average Bonchev–Trinajstić information content (AvgIpc) is 2.30. The summed E-state index contributed by atoms with van der Waals surface area (Å²) in [5, 5.41) is 2.79. The fourth-order valence-electron chi connectivity index (χ4n) is 1.52. The Morgan fingerprint density at radius 1 is 1.17 bits per heavy atom. The Balaban J connectivity index is 0.00000162. The van der Waals surface area contributed by atoms with Gasteiger partial charge in [-0.3, -0.25) is 4.79 Å². The van der Waals surface area contributed by atoms with Gasteiger partial charge in [-0.1, -0.05) is 12.1 Å². The number of hydrogen-bond donors (Lipinski definition) is 2. The number of nitrogens with zero attached hydrogens (tertiary/aromatic N) is 1. The van der Waals surface area contributed by atoms with Crippen LogP contribution >= 0.6 is 0 Å². The smallest absolute Gasteiger partial charge is 0.290 e. The van der Waals surface area contributed by atoms with Gasteiger partial charge in [0.1, 0.15) is 0 Å². The van der Waals surface area contributed by atoms with Gasteiger partial charge in [0, 0.05) is 23.5 Å². The lowest BCUT2D eigenvalue weighted by Gasteiger charge is -2.03. The summed E-state index contributed by atoms with van der Waals surface area (Å²) >= 11 is 0. The lowest BCUT2D eigenvalue weighted by molar-refractivity contribution is -0.684. The van der Waals surface area contributed by atoms with Crippen molar-refractivity contribution in [3.63, 3.8) is 0 Å². The molecule has 0 aliphatic carbocycles. The quantitative estimate of drug-likeness (QED) is 0.507. The highest BCUT2D eigenvalue weighted by atomic mass is 35.5. The molecule has 2 rings (SSSR count). The number of anilines is 2. The fraction of sp³-hybridized carbons (Fsp3) is 0.0769. The predicted molar refractivity (Wildman–Crippen MR) is 66.1 cm³/mol. The van der Waals surface area contributed by atoms with Crippen molar-refractivity contribution in [2.45, 2.75) is 6.54 Å². The normalized spacial score (nSPS) is 9.33. The predicted octanol–water partition coefficient (Wildman–Crippen LogP) is -1.80. The molecule has 0 unspecified atom stereocenters. The first-order chi connectivity index (χ1) is 8.24. The summed E-state index contributed by atoms with van der Waals surface area (Å²) in [5.41, 5.74) is 6.98. The van der Waals surface area contributed by atoms with Gasteiger partial charge in [-0.05, 0) is 18.2 Å². The van der Waals surface area contributed by atoms with E-state index in [4.69, 9.17) is 5.73 Å². The van der Waals surface area contributed by atoms with E-state index in [2.05, 4.69) is 5.32 Å². The Kier molecular flexibility index (Phi) is 5.14. The van der Waals surface area contributed by atoms with Gasteiger partial charge in [0.25, 0.3) is 5.91 Å². The van der Waals surface area contributed by atoms with Crippen LogP contribution < -0.4 is 28.0 Å². The van der Waals surface area contributed by atoms with Crippen LogP contribution in [0.4, 0.5) is 11.4 Å². The number of pyridine rings is 1. The number of carbonyl (C=O) groups excluding carboxylic acids is 1. The second-order valence-electron chi connectivity index (χ2n) is 3.72. The Morgan fingerprint density at radius 2 is 1.89 bits per heavy atom. The van der Waals surface area contributed by atoms with Gasteiger partial charge in [0.2, 0.25) is 6.54 Å². The molecule has 1 aromatic heterocycles. The average molecular weight is 264 g/mol. The van der Waals surface area contributed by atoms with Crippen molar-refractivity contribution in [1.29, 1.82) is 0 Å². The van der Waals surface area contributed by atoms with E-state index in [1.54, 1.807) is 18.2 Å². The first kappa shape index (κ1) is 14.0. The van der Waals surface area contributed by atoms with Crippen LogP contribution in [0.2, 0.25) is 0 Å². The summed E-state index contributed by atoms with van der Waals surface area (Å²) in [6.07, 6.45) is 3.69. The number of amides is 1. The standard InChI is InChI=1S/C13H13N3O.ClH/c14-11-5-4-6-12(9-11)15-13(17)10-16-7-2-1-3-8-16;/h1-9H,10,14H2;1H. The Hall–Kier alpha value is -2.07. The summed E-state index contributed by atoms with van der Waals surface area (Å²) in [7, 11) is 0. The van der Waals surface area contributed by atoms with Gasteiger partial charge in [0.15, 0.2) is 12.4 Å². The minimum absolute atomic E-state index is 0. The molecule has 94 valence electrons. The highest BCUT2D eigenvalue weighted by Crippen LogP contribution is 2.11. The van der Waals surface area contributed by atoms with Crippen LogP contribution in [0.15, 0.2) is 54.9 Å². The maximum Gasteiger partial charge on any atom is 0.290 e. The van der Waals surface area contributed by atoms with Crippen LogP contribution in [0.3, 0.4) is 0 Å². The summed E-state index contributed by atoms with van der Waals surface area (Å²) in [6, 6.07) is 12.8. The van der Waals surface area contributed by atoms with Crippen LogP contribution in [0, 0.1) is 0 Å². The Labute approximate surface area is 112 Å². The van der Waals surface area contributed by atoms with E-state index in [1.165, 1.54) is 0 Å². The number of benzene rings is 1. The summed E-state index contributed by atoms with van der Waals surface area (Å²) in [6.45, 7) is 0.287. The van der Waals surface area contributed by atoms with E-state index >= 15 is 0 Å². The van der Waals surface area contributed by atoms with E-state index in [9.17, 15) is 4.79 Å². The van der Waals surface area contributed by atoms with Crippen LogP contribution in [-0.2, 0) is 11.3 Å². The zero-order valence-corrected chi connectivity index (χ0v) is 10.5. The van der Waals surface area contributed by atoms with Crippen molar-refractivity contribution < 1.29 is 21.8 Å². The molecule has 18 heavy (non-hydrogen) atoms. The number of carbonyl (C=O) groups is 1. The zero-order chi connectivity index (χ0) is 12.1. The highest BCUT2D eigenvalue weighted by Gasteiger charge is 2.08. The summed E-state index contributed by atoms with van der Waals surface area (Å²) in [5.74, 6) is -0.0770. The van der Waals surface area contributed by atoms with Crippen LogP contribution in [0.25, 0.3) is 0 Å². The Morgan fingerprint density at radius 3 is 2.56 bits per heavy atom. The molecule has 0 saturated carbocycles. The molecule has 0 aliphatic heterocycles. The molecule has 2 aromatic rings. The molecule has 3 N–H and O–H groups in total. The van der Waals surface area contributed by atoms with Crippen LogP contribution in [0.1, 0.15) is 0 Å². The molecular formula is C13H14ClN3O. The Bertz CT molecular complexity index is 517. The molecule has 0 fully saturated rings. The zero-order valence-electron chi connectivity index (χ0n) is 9.71. The van der Waals surface area contributed by atoms with Gasteiger partial charge >= 0.3 is 0 Å². The highest BCUT2D eigenvalue weighted by molar-refractivity contribution is 5.90. The molecule has 1 amide bonds. The third kappa shape index (κ3) is 4.07. The first-order valence-corrected chi connectivity index (χ1v) is 5.33. The van der Waals surface area contributed by atoms with Crippen molar-refractivity contribution in [2.75, 3.05) is 11.1 Å². The SMILES string of the molecule is Nc1cccc(NC(=O)C[n+]2ccccc2)c1.[Cl-]. The van der Waals surface area contributed by atoms with Crippen molar-refractivity contribution >= 4 is 17.3 Å². The number of nitrogens with one attached hydrogen (secondary N) is 1. The number of hydrogen-bond acceptors (Lipinski definition) is 2. The van der Waals surface area contributed by atoms with Gasteiger partial charge in [-0.15, -0.1) is 0 Å². The fourth-order valence-corrected chi connectivity index (χ4v) is 1.52. The molecule has 1 aromatic carbocycles. The lowest BCUT2D eigenvalue weighted by atomic mass is 10.3. The number of rotatable bonds is 3. The van der Waals surface area contributed by atoms with Gasteiger partial charge in [-0.25, -0.2) is 0 Å². The molecular weight excluding hydrogens is 250 g/mol. The minimum Gasteiger partial charge on any atom is -1.00 e. The topological polar surface area (TPSA) is 59.0 Å². The van der Waals surface area contributed by atoms with E-state index in [0.717, 1.165) is 0 Å². The van der Waals surface area contributed by atoms with Crippen LogP contribution in [-0.4, -0.2) is 5.91 Å². The first-order valence-electron chi connectivity index (χ1n) is 5.33. The van der Waals surface area contributed by atoms with E-state index in [1.807, 2.05) is 41.2 Å². The van der Waals surface area contributed by atoms with Crippen molar-refractivity contribution in [3.05, 3.63) is 54.9 Å². The molecule has 4 nitrogen and oxygen atoms in total. The number of aromatic nitrogens is 1. The van der Waals surface area contributed by atoms with Gasteiger partial charge in [-0.2, -0.15) is 4.57 Å². The van der Waals surface area contributed by atoms with Crippen molar-refractivity contribution in [3.8, 4) is 0 Å². The van der Waals surface area contributed by atoms with E-state index in [0.29, 0.717) is 11.4 Å². The molecule has 0 bridgehead atoms.